The van der Waals surface area contributed by atoms with Gasteiger partial charge in [0.15, 0.2) is 9.84 Å². The molecule has 0 aromatic rings. The van der Waals surface area contributed by atoms with E-state index in [1.807, 2.05) is 0 Å². The highest BCUT2D eigenvalue weighted by molar-refractivity contribution is 7.92. The van der Waals surface area contributed by atoms with E-state index in [1.165, 1.54) is 0 Å². The van der Waals surface area contributed by atoms with Crippen LogP contribution in [0, 0.1) is 0 Å². The van der Waals surface area contributed by atoms with Crippen molar-refractivity contribution in [1.82, 2.24) is 5.32 Å². The van der Waals surface area contributed by atoms with Crippen LogP contribution >= 0.6 is 11.6 Å². The van der Waals surface area contributed by atoms with Crippen LogP contribution in [0.5, 0.6) is 0 Å². The molecule has 0 aromatic carbocycles. The summed E-state index contributed by atoms with van der Waals surface area (Å²) in [6, 6.07) is 0. The zero-order chi connectivity index (χ0) is 9.61. The van der Waals surface area contributed by atoms with Crippen molar-refractivity contribution in [2.24, 2.45) is 0 Å². The van der Waals surface area contributed by atoms with Gasteiger partial charge in [-0.1, -0.05) is 0 Å². The van der Waals surface area contributed by atoms with Gasteiger partial charge in [-0.25, -0.2) is 8.42 Å². The molecule has 0 aliphatic heterocycles. The van der Waals surface area contributed by atoms with E-state index >= 15 is 0 Å². The molecular weight excluding hydrogens is 198 g/mol. The Morgan fingerprint density at radius 3 is 2.33 bits per heavy atom. The van der Waals surface area contributed by atoms with Crippen LogP contribution in [0.2, 0.25) is 0 Å². The quantitative estimate of drug-likeness (QED) is 0.520. The van der Waals surface area contributed by atoms with Gasteiger partial charge in [-0.05, 0) is 13.8 Å². The number of sulfone groups is 1. The number of hydrogen-bond donors (Lipinski definition) is 1. The van der Waals surface area contributed by atoms with Gasteiger partial charge >= 0.3 is 0 Å². The van der Waals surface area contributed by atoms with Gasteiger partial charge in [0, 0.05) is 19.0 Å². The van der Waals surface area contributed by atoms with Crippen LogP contribution in [0.3, 0.4) is 0 Å². The smallest absolute Gasteiger partial charge is 0.153 e. The summed E-state index contributed by atoms with van der Waals surface area (Å²) in [5.74, 6) is 0.712. The SMILES string of the molecule is CC(C)S(=O)(=O)CCNCCCl. The van der Waals surface area contributed by atoms with Crippen molar-refractivity contribution in [3.63, 3.8) is 0 Å². The molecule has 0 atom stereocenters. The van der Waals surface area contributed by atoms with Crippen LogP contribution in [0.25, 0.3) is 0 Å². The van der Waals surface area contributed by atoms with Crippen molar-refractivity contribution in [3.05, 3.63) is 0 Å². The van der Waals surface area contributed by atoms with Crippen molar-refractivity contribution in [3.8, 4) is 0 Å². The molecule has 0 spiro atoms. The summed E-state index contributed by atoms with van der Waals surface area (Å²) < 4.78 is 22.4. The molecule has 0 aliphatic carbocycles. The maximum absolute atomic E-state index is 11.2. The van der Waals surface area contributed by atoms with E-state index in [4.69, 9.17) is 11.6 Å². The lowest BCUT2D eigenvalue weighted by Crippen LogP contribution is -2.28. The average Bonchev–Trinajstić information content (AvgIpc) is 1.98. The summed E-state index contributed by atoms with van der Waals surface area (Å²) in [6.07, 6.45) is 0. The molecule has 0 radical (unpaired) electrons. The lowest BCUT2D eigenvalue weighted by molar-refractivity contribution is 0.583. The minimum atomic E-state index is -2.88. The summed E-state index contributed by atoms with van der Waals surface area (Å²) in [4.78, 5) is 0. The predicted molar refractivity (Wildman–Crippen MR) is 52.5 cm³/mol. The molecule has 0 saturated heterocycles. The molecule has 12 heavy (non-hydrogen) atoms. The zero-order valence-electron chi connectivity index (χ0n) is 7.51. The predicted octanol–water partition coefficient (Wildman–Crippen LogP) is 0.638. The Balaban J connectivity index is 3.63. The topological polar surface area (TPSA) is 46.2 Å². The zero-order valence-corrected chi connectivity index (χ0v) is 9.08. The molecule has 0 aromatic heterocycles. The maximum atomic E-state index is 11.2. The third kappa shape index (κ3) is 4.95. The fourth-order valence-electron chi connectivity index (χ4n) is 0.642. The highest BCUT2D eigenvalue weighted by atomic mass is 35.5. The van der Waals surface area contributed by atoms with Crippen molar-refractivity contribution >= 4 is 21.4 Å². The van der Waals surface area contributed by atoms with E-state index in [-0.39, 0.29) is 11.0 Å². The molecule has 0 heterocycles. The molecule has 1 N–H and O–H groups in total. The third-order valence-corrected chi connectivity index (χ3v) is 3.95. The van der Waals surface area contributed by atoms with Crippen LogP contribution in [0.15, 0.2) is 0 Å². The summed E-state index contributed by atoms with van der Waals surface area (Å²) >= 11 is 5.40. The van der Waals surface area contributed by atoms with Crippen molar-refractivity contribution < 1.29 is 8.42 Å². The highest BCUT2D eigenvalue weighted by Crippen LogP contribution is 1.98. The summed E-state index contributed by atoms with van der Waals surface area (Å²) in [7, 11) is -2.88. The molecule has 5 heteroatoms. The van der Waals surface area contributed by atoms with Gasteiger partial charge in [0.1, 0.15) is 0 Å². The number of nitrogens with one attached hydrogen (secondary N) is 1. The molecule has 3 nitrogen and oxygen atoms in total. The van der Waals surface area contributed by atoms with E-state index in [9.17, 15) is 8.42 Å². The molecule has 0 aliphatic rings. The summed E-state index contributed by atoms with van der Waals surface area (Å²) in [5.41, 5.74) is 0. The van der Waals surface area contributed by atoms with E-state index in [0.29, 0.717) is 19.0 Å². The van der Waals surface area contributed by atoms with Crippen LogP contribution in [-0.4, -0.2) is 38.4 Å². The normalized spacial score (nSPS) is 12.3. The molecule has 0 bridgehead atoms. The van der Waals surface area contributed by atoms with Gasteiger partial charge in [-0.3, -0.25) is 0 Å². The van der Waals surface area contributed by atoms with Crippen molar-refractivity contribution in [2.45, 2.75) is 19.1 Å². The van der Waals surface area contributed by atoms with Gasteiger partial charge in [-0.15, -0.1) is 11.6 Å². The van der Waals surface area contributed by atoms with Crippen LogP contribution in [0.4, 0.5) is 0 Å². The van der Waals surface area contributed by atoms with Gasteiger partial charge in [0.25, 0.3) is 0 Å². The van der Waals surface area contributed by atoms with Crippen LogP contribution < -0.4 is 5.32 Å². The third-order valence-electron chi connectivity index (χ3n) is 1.55. The second kappa shape index (κ2) is 5.78. The first-order valence-electron chi connectivity index (χ1n) is 3.99. The standard InChI is InChI=1S/C7H16ClNO2S/c1-7(2)12(10,11)6-5-9-4-3-8/h7,9H,3-6H2,1-2H3. The Bertz CT molecular complexity index is 201. The Morgan fingerprint density at radius 2 is 1.92 bits per heavy atom. The van der Waals surface area contributed by atoms with Crippen LogP contribution in [0.1, 0.15) is 13.8 Å². The summed E-state index contributed by atoms with van der Waals surface area (Å²) in [6.45, 7) is 4.54. The second-order valence-electron chi connectivity index (χ2n) is 2.85. The first kappa shape index (κ1) is 12.2. The number of hydrogen-bond acceptors (Lipinski definition) is 3. The Kier molecular flexibility index (Phi) is 5.88. The Hall–Kier alpha value is 0.200. The monoisotopic (exact) mass is 213 g/mol. The lowest BCUT2D eigenvalue weighted by atomic mass is 10.6. The molecule has 74 valence electrons. The van der Waals surface area contributed by atoms with E-state index in [1.54, 1.807) is 13.8 Å². The number of alkyl halides is 1. The number of rotatable bonds is 6. The molecular formula is C7H16ClNO2S. The fraction of sp³-hybridized carbons (Fsp3) is 1.00. The molecule has 0 amide bonds. The highest BCUT2D eigenvalue weighted by Gasteiger charge is 2.14. The molecule has 0 rings (SSSR count). The van der Waals surface area contributed by atoms with E-state index in [0.717, 1.165) is 0 Å². The minimum absolute atomic E-state index is 0.196. The molecule has 0 fully saturated rings. The van der Waals surface area contributed by atoms with E-state index in [2.05, 4.69) is 5.32 Å². The molecule has 0 saturated carbocycles. The molecule has 0 unspecified atom stereocenters. The lowest BCUT2D eigenvalue weighted by Gasteiger charge is -2.07. The minimum Gasteiger partial charge on any atom is -0.315 e. The maximum Gasteiger partial charge on any atom is 0.153 e. The Morgan fingerprint density at radius 1 is 1.33 bits per heavy atom. The van der Waals surface area contributed by atoms with Crippen molar-refractivity contribution in [1.29, 1.82) is 0 Å². The largest absolute Gasteiger partial charge is 0.315 e. The fourth-order valence-corrected chi connectivity index (χ4v) is 1.68. The van der Waals surface area contributed by atoms with Crippen LogP contribution in [-0.2, 0) is 9.84 Å². The first-order chi connectivity index (χ1) is 5.50. The van der Waals surface area contributed by atoms with E-state index < -0.39 is 9.84 Å². The van der Waals surface area contributed by atoms with Gasteiger partial charge < -0.3 is 5.32 Å². The van der Waals surface area contributed by atoms with Gasteiger partial charge in [0.2, 0.25) is 0 Å². The first-order valence-corrected chi connectivity index (χ1v) is 6.24. The second-order valence-corrected chi connectivity index (χ2v) is 5.91. The Labute approximate surface area is 79.4 Å². The van der Waals surface area contributed by atoms with Gasteiger partial charge in [0.05, 0.1) is 11.0 Å². The van der Waals surface area contributed by atoms with Gasteiger partial charge in [-0.2, -0.15) is 0 Å². The van der Waals surface area contributed by atoms with Crippen molar-refractivity contribution in [2.75, 3.05) is 24.7 Å². The summed E-state index contributed by atoms with van der Waals surface area (Å²) in [5, 5.41) is 2.65. The number of halogens is 1. The average molecular weight is 214 g/mol.